The first kappa shape index (κ1) is 14.8. The number of benzene rings is 1. The number of ether oxygens (including phenoxy) is 2. The third-order valence-corrected chi connectivity index (χ3v) is 3.17. The number of nitrogens with one attached hydrogen (secondary N) is 1. The second kappa shape index (κ2) is 7.87. The summed E-state index contributed by atoms with van der Waals surface area (Å²) in [6.07, 6.45) is 2.56. The highest BCUT2D eigenvalue weighted by Gasteiger charge is 2.20. The molecule has 0 saturated heterocycles. The molecule has 1 aliphatic rings. The van der Waals surface area contributed by atoms with Gasteiger partial charge < -0.3 is 20.5 Å². The number of nitrogens with two attached hydrogens (primary N) is 1. The Balaban J connectivity index is 1.59. The zero-order chi connectivity index (χ0) is 14.2. The predicted molar refractivity (Wildman–Crippen MR) is 76.4 cm³/mol. The van der Waals surface area contributed by atoms with Crippen molar-refractivity contribution in [3.63, 3.8) is 0 Å². The lowest BCUT2D eigenvalue weighted by Crippen LogP contribution is -2.32. The highest BCUT2D eigenvalue weighted by atomic mass is 16.5. The second-order valence-corrected chi connectivity index (χ2v) is 4.97. The zero-order valence-corrected chi connectivity index (χ0v) is 11.6. The molecule has 1 aliphatic carbocycles. The highest BCUT2D eigenvalue weighted by Crippen LogP contribution is 2.28. The van der Waals surface area contributed by atoms with Gasteiger partial charge in [-0.25, -0.2) is 0 Å². The third-order valence-electron chi connectivity index (χ3n) is 3.17. The molecule has 0 aromatic heterocycles. The van der Waals surface area contributed by atoms with Crippen molar-refractivity contribution in [3.05, 3.63) is 29.8 Å². The molecule has 3 N–H and O–H groups in total. The van der Waals surface area contributed by atoms with E-state index >= 15 is 0 Å². The van der Waals surface area contributed by atoms with Gasteiger partial charge >= 0.3 is 0 Å². The third kappa shape index (κ3) is 5.19. The summed E-state index contributed by atoms with van der Waals surface area (Å²) in [6.45, 7) is 2.29. The number of carbonyl (C=O) groups excluding carboxylic acids is 1. The minimum absolute atomic E-state index is 0.000359. The topological polar surface area (TPSA) is 73.6 Å². The summed E-state index contributed by atoms with van der Waals surface area (Å²) in [5.74, 6) is 1.27. The summed E-state index contributed by atoms with van der Waals surface area (Å²) in [4.78, 5) is 11.6. The Morgan fingerprint density at radius 2 is 2.15 bits per heavy atom. The van der Waals surface area contributed by atoms with Crippen molar-refractivity contribution in [2.24, 2.45) is 11.7 Å². The molecule has 1 aromatic carbocycles. The van der Waals surface area contributed by atoms with Gasteiger partial charge in [-0.2, -0.15) is 0 Å². The fraction of sp³-hybridized carbons (Fsp3) is 0.533. The Kier molecular flexibility index (Phi) is 5.83. The van der Waals surface area contributed by atoms with Crippen LogP contribution in [-0.2, 0) is 16.1 Å². The highest BCUT2D eigenvalue weighted by molar-refractivity contribution is 5.77. The minimum Gasteiger partial charge on any atom is -0.483 e. The first-order chi connectivity index (χ1) is 9.79. The first-order valence-electron chi connectivity index (χ1n) is 7.05. The standard InChI is InChI=1S/C15H22N2O3/c16-9-13-3-1-2-4-14(13)20-11-15(18)17-7-8-19-10-12-5-6-12/h1-4,12H,5-11,16H2,(H,17,18). The number of para-hydroxylation sites is 1. The zero-order valence-electron chi connectivity index (χ0n) is 11.6. The van der Waals surface area contributed by atoms with Crippen molar-refractivity contribution in [1.29, 1.82) is 0 Å². The summed E-state index contributed by atoms with van der Waals surface area (Å²) >= 11 is 0. The Labute approximate surface area is 119 Å². The van der Waals surface area contributed by atoms with Crippen LogP contribution in [0.3, 0.4) is 0 Å². The van der Waals surface area contributed by atoms with E-state index in [4.69, 9.17) is 15.2 Å². The predicted octanol–water partition coefficient (Wildman–Crippen LogP) is 1.07. The van der Waals surface area contributed by atoms with Crippen molar-refractivity contribution in [3.8, 4) is 5.75 Å². The van der Waals surface area contributed by atoms with Gasteiger partial charge in [-0.3, -0.25) is 4.79 Å². The number of amides is 1. The van der Waals surface area contributed by atoms with E-state index in [1.807, 2.05) is 24.3 Å². The maximum Gasteiger partial charge on any atom is 0.258 e. The molecule has 0 spiro atoms. The molecule has 110 valence electrons. The van der Waals surface area contributed by atoms with Crippen LogP contribution in [0, 0.1) is 5.92 Å². The van der Waals surface area contributed by atoms with Gasteiger partial charge in [0.25, 0.3) is 5.91 Å². The van der Waals surface area contributed by atoms with Gasteiger partial charge in [-0.1, -0.05) is 18.2 Å². The van der Waals surface area contributed by atoms with Crippen LogP contribution in [0.15, 0.2) is 24.3 Å². The van der Waals surface area contributed by atoms with Gasteiger partial charge in [0.15, 0.2) is 6.61 Å². The summed E-state index contributed by atoms with van der Waals surface area (Å²) < 4.78 is 10.9. The van der Waals surface area contributed by atoms with E-state index < -0.39 is 0 Å². The number of carbonyl (C=O) groups is 1. The van der Waals surface area contributed by atoms with Crippen LogP contribution < -0.4 is 15.8 Å². The SMILES string of the molecule is NCc1ccccc1OCC(=O)NCCOCC1CC1. The monoisotopic (exact) mass is 278 g/mol. The van der Waals surface area contributed by atoms with Crippen LogP contribution in [0.1, 0.15) is 18.4 Å². The smallest absolute Gasteiger partial charge is 0.258 e. The fourth-order valence-electron chi connectivity index (χ4n) is 1.80. The molecule has 0 radical (unpaired) electrons. The molecule has 1 amide bonds. The van der Waals surface area contributed by atoms with Gasteiger partial charge in [0, 0.05) is 25.3 Å². The van der Waals surface area contributed by atoms with E-state index in [0.717, 1.165) is 18.1 Å². The maximum atomic E-state index is 11.6. The normalized spacial score (nSPS) is 14.1. The molecule has 1 aromatic rings. The summed E-state index contributed by atoms with van der Waals surface area (Å²) in [5, 5.41) is 2.76. The lowest BCUT2D eigenvalue weighted by molar-refractivity contribution is -0.123. The molecule has 5 heteroatoms. The Morgan fingerprint density at radius 3 is 2.90 bits per heavy atom. The van der Waals surface area contributed by atoms with Gasteiger partial charge in [0.05, 0.1) is 6.61 Å². The van der Waals surface area contributed by atoms with Gasteiger partial charge in [0.1, 0.15) is 5.75 Å². The quantitative estimate of drug-likeness (QED) is 0.663. The average Bonchev–Trinajstić information content (AvgIpc) is 3.29. The molecule has 0 bridgehead atoms. The molecule has 0 unspecified atom stereocenters. The first-order valence-corrected chi connectivity index (χ1v) is 7.05. The van der Waals surface area contributed by atoms with Crippen molar-refractivity contribution in [1.82, 2.24) is 5.32 Å². The molecular weight excluding hydrogens is 256 g/mol. The molecule has 0 aliphatic heterocycles. The van der Waals surface area contributed by atoms with Crippen LogP contribution >= 0.6 is 0 Å². The summed E-state index contributed by atoms with van der Waals surface area (Å²) in [5.41, 5.74) is 6.50. The van der Waals surface area contributed by atoms with Crippen molar-refractivity contribution >= 4 is 5.91 Å². The average molecular weight is 278 g/mol. The maximum absolute atomic E-state index is 11.6. The van der Waals surface area contributed by atoms with E-state index in [1.165, 1.54) is 12.8 Å². The molecule has 1 saturated carbocycles. The van der Waals surface area contributed by atoms with Crippen LogP contribution in [0.5, 0.6) is 5.75 Å². The number of hydrogen-bond acceptors (Lipinski definition) is 4. The van der Waals surface area contributed by atoms with Crippen molar-refractivity contribution in [2.45, 2.75) is 19.4 Å². The number of rotatable bonds is 9. The van der Waals surface area contributed by atoms with E-state index in [9.17, 15) is 4.79 Å². The lowest BCUT2D eigenvalue weighted by atomic mass is 10.2. The van der Waals surface area contributed by atoms with Crippen LogP contribution in [0.4, 0.5) is 0 Å². The molecular formula is C15H22N2O3. The Hall–Kier alpha value is -1.59. The fourth-order valence-corrected chi connectivity index (χ4v) is 1.80. The molecule has 0 atom stereocenters. The van der Waals surface area contributed by atoms with E-state index in [-0.39, 0.29) is 12.5 Å². The van der Waals surface area contributed by atoms with Crippen LogP contribution in [0.25, 0.3) is 0 Å². The van der Waals surface area contributed by atoms with Crippen LogP contribution in [-0.4, -0.2) is 32.3 Å². The van der Waals surface area contributed by atoms with E-state index in [2.05, 4.69) is 5.32 Å². The Morgan fingerprint density at radius 1 is 1.35 bits per heavy atom. The molecule has 1 fully saturated rings. The molecule has 5 nitrogen and oxygen atoms in total. The van der Waals surface area contributed by atoms with Gasteiger partial charge in [-0.15, -0.1) is 0 Å². The molecule has 20 heavy (non-hydrogen) atoms. The summed E-state index contributed by atoms with van der Waals surface area (Å²) in [7, 11) is 0. The Bertz CT molecular complexity index is 433. The lowest BCUT2D eigenvalue weighted by Gasteiger charge is -2.10. The largest absolute Gasteiger partial charge is 0.483 e. The minimum atomic E-state index is -0.146. The van der Waals surface area contributed by atoms with Crippen molar-refractivity contribution < 1.29 is 14.3 Å². The van der Waals surface area contributed by atoms with Crippen LogP contribution in [0.2, 0.25) is 0 Å². The second-order valence-electron chi connectivity index (χ2n) is 4.97. The molecule has 2 rings (SSSR count). The van der Waals surface area contributed by atoms with E-state index in [0.29, 0.717) is 25.4 Å². The van der Waals surface area contributed by atoms with Gasteiger partial charge in [0.2, 0.25) is 0 Å². The van der Waals surface area contributed by atoms with E-state index in [1.54, 1.807) is 0 Å². The number of hydrogen-bond donors (Lipinski definition) is 2. The van der Waals surface area contributed by atoms with Gasteiger partial charge in [-0.05, 0) is 24.8 Å². The summed E-state index contributed by atoms with van der Waals surface area (Å²) in [6, 6.07) is 7.46. The van der Waals surface area contributed by atoms with Crippen molar-refractivity contribution in [2.75, 3.05) is 26.4 Å². The molecule has 0 heterocycles.